The first-order chi connectivity index (χ1) is 17.2. The zero-order chi connectivity index (χ0) is 24.0. The quantitative estimate of drug-likeness (QED) is 0.384. The summed E-state index contributed by atoms with van der Waals surface area (Å²) in [5, 5.41) is 5.44. The van der Waals surface area contributed by atoms with Gasteiger partial charge in [-0.1, -0.05) is 36.4 Å². The number of hydrogen-bond donors (Lipinski definition) is 1. The molecule has 4 aromatic rings. The molecule has 3 heterocycles. The molecule has 0 spiro atoms. The maximum Gasteiger partial charge on any atom is 0.339 e. The Morgan fingerprint density at radius 1 is 1.03 bits per heavy atom. The number of nitrogens with zero attached hydrogens (tertiary/aromatic N) is 2. The number of benzene rings is 2. The molecule has 5 rings (SSSR count). The van der Waals surface area contributed by atoms with Crippen molar-refractivity contribution in [2.24, 2.45) is 0 Å². The Hall–Kier alpha value is -3.59. The Kier molecular flexibility index (Phi) is 7.13. The molecule has 35 heavy (non-hydrogen) atoms. The van der Waals surface area contributed by atoms with Crippen LogP contribution in [0.25, 0.3) is 21.5 Å². The third-order valence-electron chi connectivity index (χ3n) is 5.79. The van der Waals surface area contributed by atoms with Gasteiger partial charge >= 0.3 is 5.97 Å². The van der Waals surface area contributed by atoms with Gasteiger partial charge in [-0.15, -0.1) is 11.3 Å². The predicted octanol–water partition coefficient (Wildman–Crippen LogP) is 4.59. The van der Waals surface area contributed by atoms with Gasteiger partial charge in [-0.3, -0.25) is 9.69 Å². The smallest absolute Gasteiger partial charge is 0.339 e. The fraction of sp³-hybridized carbons (Fsp3) is 0.222. The van der Waals surface area contributed by atoms with Crippen LogP contribution in [0, 0.1) is 0 Å². The van der Waals surface area contributed by atoms with Gasteiger partial charge in [0.2, 0.25) is 0 Å². The monoisotopic (exact) mass is 487 g/mol. The first-order valence-corrected chi connectivity index (χ1v) is 12.3. The number of nitrogens with one attached hydrogen (secondary N) is 1. The summed E-state index contributed by atoms with van der Waals surface area (Å²) in [5.74, 6) is -0.950. The van der Waals surface area contributed by atoms with Crippen LogP contribution in [-0.4, -0.2) is 54.7 Å². The minimum atomic E-state index is -0.558. The number of anilines is 1. The molecule has 1 aliphatic heterocycles. The Bertz CT molecular complexity index is 1320. The van der Waals surface area contributed by atoms with Crippen LogP contribution in [0.15, 0.2) is 72.1 Å². The number of aromatic nitrogens is 1. The van der Waals surface area contributed by atoms with E-state index < -0.39 is 11.9 Å². The summed E-state index contributed by atoms with van der Waals surface area (Å²) < 4.78 is 10.8. The third kappa shape index (κ3) is 5.74. The lowest BCUT2D eigenvalue weighted by Gasteiger charge is -2.26. The summed E-state index contributed by atoms with van der Waals surface area (Å²) in [7, 11) is 0. The first kappa shape index (κ1) is 23.2. The molecular weight excluding hydrogens is 462 g/mol. The molecule has 0 aliphatic carbocycles. The average Bonchev–Trinajstić information content (AvgIpc) is 3.44. The summed E-state index contributed by atoms with van der Waals surface area (Å²) in [6.45, 7) is 3.84. The zero-order valence-electron chi connectivity index (χ0n) is 19.1. The molecule has 1 aliphatic rings. The molecule has 8 heteroatoms. The highest BCUT2D eigenvalue weighted by Crippen LogP contribution is 2.28. The predicted molar refractivity (Wildman–Crippen MR) is 137 cm³/mol. The van der Waals surface area contributed by atoms with E-state index in [1.165, 1.54) is 5.56 Å². The van der Waals surface area contributed by atoms with Gasteiger partial charge in [0.05, 0.1) is 34.9 Å². The fourth-order valence-corrected chi connectivity index (χ4v) is 4.70. The van der Waals surface area contributed by atoms with Gasteiger partial charge in [-0.25, -0.2) is 9.78 Å². The molecule has 1 fully saturated rings. The molecule has 0 radical (unpaired) electrons. The van der Waals surface area contributed by atoms with Gasteiger partial charge in [0.25, 0.3) is 5.91 Å². The second kappa shape index (κ2) is 10.8. The second-order valence-corrected chi connectivity index (χ2v) is 9.21. The molecule has 7 nitrogen and oxygen atoms in total. The molecule has 0 saturated carbocycles. The van der Waals surface area contributed by atoms with Crippen LogP contribution in [0.4, 0.5) is 5.69 Å². The molecule has 2 aromatic heterocycles. The molecule has 0 bridgehead atoms. The second-order valence-electron chi connectivity index (χ2n) is 8.26. The Labute approximate surface area is 207 Å². The summed E-state index contributed by atoms with van der Waals surface area (Å²) >= 11 is 1.55. The van der Waals surface area contributed by atoms with Crippen LogP contribution in [-0.2, 0) is 20.8 Å². The number of fused-ring (bicyclic) bond motifs is 1. The molecule has 0 atom stereocenters. The summed E-state index contributed by atoms with van der Waals surface area (Å²) in [4.78, 5) is 33.3. The van der Waals surface area contributed by atoms with Crippen molar-refractivity contribution in [1.29, 1.82) is 0 Å². The number of ether oxygens (including phenoxy) is 2. The molecule has 0 unspecified atom stereocenters. The van der Waals surface area contributed by atoms with Crippen LogP contribution < -0.4 is 5.32 Å². The molecule has 1 N–H and O–H groups in total. The lowest BCUT2D eigenvalue weighted by atomic mass is 10.1. The standard InChI is InChI=1S/C27H25N3O4S/c31-26(28-20-9-7-19(8-10-20)17-30-11-13-33-14-12-30)18-34-27(32)22-16-24(25-6-3-15-35-25)29-23-5-2-1-4-21(22)23/h1-10,15-16H,11-14,17-18H2,(H,28,31). The Morgan fingerprint density at radius 2 is 1.83 bits per heavy atom. The van der Waals surface area contributed by atoms with Crippen molar-refractivity contribution in [3.63, 3.8) is 0 Å². The third-order valence-corrected chi connectivity index (χ3v) is 6.68. The highest BCUT2D eigenvalue weighted by atomic mass is 32.1. The normalized spacial score (nSPS) is 14.1. The molecular formula is C27H25N3O4S. The maximum atomic E-state index is 12.9. The van der Waals surface area contributed by atoms with Crippen molar-refractivity contribution in [1.82, 2.24) is 9.88 Å². The van der Waals surface area contributed by atoms with E-state index in [0.29, 0.717) is 27.8 Å². The number of thiophene rings is 1. The highest BCUT2D eigenvalue weighted by molar-refractivity contribution is 7.13. The zero-order valence-corrected chi connectivity index (χ0v) is 19.9. The summed E-state index contributed by atoms with van der Waals surface area (Å²) in [5.41, 5.74) is 3.62. The van der Waals surface area contributed by atoms with E-state index in [-0.39, 0.29) is 6.61 Å². The van der Waals surface area contributed by atoms with E-state index in [0.717, 1.165) is 37.7 Å². The number of pyridine rings is 1. The maximum absolute atomic E-state index is 12.9. The number of hydrogen-bond acceptors (Lipinski definition) is 7. The molecule has 1 saturated heterocycles. The number of amides is 1. The van der Waals surface area contributed by atoms with Crippen molar-refractivity contribution >= 4 is 39.8 Å². The number of esters is 1. The van der Waals surface area contributed by atoms with E-state index in [1.807, 2.05) is 66.0 Å². The van der Waals surface area contributed by atoms with E-state index >= 15 is 0 Å². The minimum Gasteiger partial charge on any atom is -0.452 e. The van der Waals surface area contributed by atoms with Gasteiger partial charge in [0, 0.05) is 30.7 Å². The van der Waals surface area contributed by atoms with Gasteiger partial charge in [-0.05, 0) is 41.3 Å². The SMILES string of the molecule is O=C(COC(=O)c1cc(-c2cccs2)nc2ccccc12)Nc1ccc(CN2CCOCC2)cc1. The fourth-order valence-electron chi connectivity index (χ4n) is 4.01. The largest absolute Gasteiger partial charge is 0.452 e. The summed E-state index contributed by atoms with van der Waals surface area (Å²) in [6, 6.07) is 20.7. The first-order valence-electron chi connectivity index (χ1n) is 11.5. The van der Waals surface area contributed by atoms with Gasteiger partial charge in [-0.2, -0.15) is 0 Å². The van der Waals surface area contributed by atoms with Crippen LogP contribution in [0.1, 0.15) is 15.9 Å². The van der Waals surface area contributed by atoms with Crippen LogP contribution in [0.5, 0.6) is 0 Å². The number of carbonyl (C=O) groups excluding carboxylic acids is 2. The number of rotatable bonds is 7. The van der Waals surface area contributed by atoms with Crippen LogP contribution >= 0.6 is 11.3 Å². The van der Waals surface area contributed by atoms with E-state index in [9.17, 15) is 9.59 Å². The van der Waals surface area contributed by atoms with Crippen molar-refractivity contribution in [2.75, 3.05) is 38.2 Å². The minimum absolute atomic E-state index is 0.376. The number of carbonyl (C=O) groups is 2. The van der Waals surface area contributed by atoms with E-state index in [2.05, 4.69) is 15.2 Å². The molecule has 1 amide bonds. The van der Waals surface area contributed by atoms with Crippen molar-refractivity contribution < 1.29 is 19.1 Å². The topological polar surface area (TPSA) is 80.8 Å². The number of morpholine rings is 1. The van der Waals surface area contributed by atoms with Crippen molar-refractivity contribution in [3.05, 3.63) is 83.2 Å². The highest BCUT2D eigenvalue weighted by Gasteiger charge is 2.17. The Morgan fingerprint density at radius 3 is 2.60 bits per heavy atom. The van der Waals surface area contributed by atoms with Gasteiger partial charge < -0.3 is 14.8 Å². The van der Waals surface area contributed by atoms with Crippen molar-refractivity contribution in [2.45, 2.75) is 6.54 Å². The molecule has 178 valence electrons. The van der Waals surface area contributed by atoms with Crippen molar-refractivity contribution in [3.8, 4) is 10.6 Å². The Balaban J connectivity index is 1.21. The summed E-state index contributed by atoms with van der Waals surface area (Å²) in [6.07, 6.45) is 0. The number of para-hydroxylation sites is 1. The van der Waals surface area contributed by atoms with Gasteiger partial charge in [0.15, 0.2) is 6.61 Å². The van der Waals surface area contributed by atoms with Crippen LogP contribution in [0.2, 0.25) is 0 Å². The van der Waals surface area contributed by atoms with Crippen LogP contribution in [0.3, 0.4) is 0 Å². The average molecular weight is 488 g/mol. The van der Waals surface area contributed by atoms with E-state index in [1.54, 1.807) is 17.4 Å². The lowest BCUT2D eigenvalue weighted by Crippen LogP contribution is -2.35. The van der Waals surface area contributed by atoms with Gasteiger partial charge in [0.1, 0.15) is 0 Å². The van der Waals surface area contributed by atoms with E-state index in [4.69, 9.17) is 9.47 Å². The lowest BCUT2D eigenvalue weighted by molar-refractivity contribution is -0.119. The molecule has 2 aromatic carbocycles.